The van der Waals surface area contributed by atoms with Crippen LogP contribution in [0, 0.1) is 11.8 Å². The minimum absolute atomic E-state index is 0.00684. The first-order chi connectivity index (χ1) is 9.21. The highest BCUT2D eigenvalue weighted by Crippen LogP contribution is 2.44. The Labute approximate surface area is 116 Å². The monoisotopic (exact) mass is 288 g/mol. The van der Waals surface area contributed by atoms with Crippen LogP contribution in [0.15, 0.2) is 24.3 Å². The number of aliphatic hydroxyl groups is 1. The van der Waals surface area contributed by atoms with Gasteiger partial charge in [-0.1, -0.05) is 26.0 Å². The molecule has 112 valence electrons. The number of halogens is 3. The number of alkyl halides is 3. The Morgan fingerprint density at radius 3 is 2.60 bits per heavy atom. The molecule has 0 spiro atoms. The van der Waals surface area contributed by atoms with E-state index >= 15 is 0 Å². The summed E-state index contributed by atoms with van der Waals surface area (Å²) in [6.45, 7) is 4.06. The third-order valence-corrected chi connectivity index (χ3v) is 4.16. The molecule has 3 atom stereocenters. The molecule has 0 aromatic heterocycles. The van der Waals surface area contributed by atoms with Crippen LogP contribution in [-0.2, 0) is 5.60 Å². The van der Waals surface area contributed by atoms with Crippen LogP contribution in [0.25, 0.3) is 0 Å². The molecule has 0 saturated heterocycles. The standard InChI is InChI=1S/C15H19F3O2/c1-10-6-7-14(19,11(2)8-10)12-4-3-5-13(9-12)20-15(16,17)18/h3-5,9-11,19H,6-8H2,1-2H3. The van der Waals surface area contributed by atoms with Crippen molar-refractivity contribution in [3.63, 3.8) is 0 Å². The molecule has 0 aliphatic heterocycles. The Bertz CT molecular complexity index is 472. The van der Waals surface area contributed by atoms with Crippen molar-refractivity contribution in [3.8, 4) is 5.75 Å². The fourth-order valence-electron chi connectivity index (χ4n) is 3.02. The van der Waals surface area contributed by atoms with Gasteiger partial charge in [0.1, 0.15) is 5.75 Å². The van der Waals surface area contributed by atoms with Crippen molar-refractivity contribution in [2.45, 2.75) is 45.1 Å². The second kappa shape index (κ2) is 5.28. The van der Waals surface area contributed by atoms with Crippen molar-refractivity contribution < 1.29 is 23.0 Å². The van der Waals surface area contributed by atoms with Gasteiger partial charge < -0.3 is 9.84 Å². The van der Waals surface area contributed by atoms with Gasteiger partial charge in [0.2, 0.25) is 0 Å². The van der Waals surface area contributed by atoms with Gasteiger partial charge in [-0.25, -0.2) is 0 Å². The van der Waals surface area contributed by atoms with E-state index in [2.05, 4.69) is 11.7 Å². The van der Waals surface area contributed by atoms with Crippen molar-refractivity contribution >= 4 is 0 Å². The van der Waals surface area contributed by atoms with Crippen LogP contribution in [0.3, 0.4) is 0 Å². The molecule has 0 heterocycles. The van der Waals surface area contributed by atoms with Crippen LogP contribution >= 0.6 is 0 Å². The van der Waals surface area contributed by atoms with Gasteiger partial charge in [0.25, 0.3) is 0 Å². The quantitative estimate of drug-likeness (QED) is 0.882. The van der Waals surface area contributed by atoms with Crippen molar-refractivity contribution in [2.75, 3.05) is 0 Å². The van der Waals surface area contributed by atoms with E-state index in [1.54, 1.807) is 6.07 Å². The van der Waals surface area contributed by atoms with Gasteiger partial charge in [0, 0.05) is 0 Å². The predicted octanol–water partition coefficient (Wildman–Crippen LogP) is 4.23. The average Bonchev–Trinajstić information content (AvgIpc) is 2.32. The molecular weight excluding hydrogens is 269 g/mol. The molecule has 5 heteroatoms. The Kier molecular flexibility index (Phi) is 4.00. The second-order valence-electron chi connectivity index (χ2n) is 5.78. The topological polar surface area (TPSA) is 29.5 Å². The first kappa shape index (κ1) is 15.2. The molecule has 1 aromatic rings. The van der Waals surface area contributed by atoms with Gasteiger partial charge in [-0.3, -0.25) is 0 Å². The summed E-state index contributed by atoms with van der Waals surface area (Å²) in [5.74, 6) is 0.251. The zero-order chi connectivity index (χ0) is 15.0. The minimum atomic E-state index is -4.71. The van der Waals surface area contributed by atoms with Crippen molar-refractivity contribution in [1.29, 1.82) is 0 Å². The van der Waals surface area contributed by atoms with Crippen LogP contribution in [0.2, 0.25) is 0 Å². The summed E-state index contributed by atoms with van der Waals surface area (Å²) in [4.78, 5) is 0. The smallest absolute Gasteiger partial charge is 0.406 e. The molecular formula is C15H19F3O2. The molecule has 2 rings (SSSR count). The summed E-state index contributed by atoms with van der Waals surface area (Å²) in [6, 6.07) is 5.69. The van der Waals surface area contributed by atoms with E-state index < -0.39 is 12.0 Å². The highest BCUT2D eigenvalue weighted by atomic mass is 19.4. The maximum atomic E-state index is 12.3. The van der Waals surface area contributed by atoms with E-state index in [-0.39, 0.29) is 11.7 Å². The summed E-state index contributed by atoms with van der Waals surface area (Å²) in [5, 5.41) is 10.8. The fraction of sp³-hybridized carbons (Fsp3) is 0.600. The van der Waals surface area contributed by atoms with Gasteiger partial charge in [-0.2, -0.15) is 0 Å². The normalized spacial score (nSPS) is 31.1. The van der Waals surface area contributed by atoms with Crippen LogP contribution in [0.5, 0.6) is 5.75 Å². The largest absolute Gasteiger partial charge is 0.573 e. The Morgan fingerprint density at radius 1 is 1.30 bits per heavy atom. The molecule has 1 N–H and O–H groups in total. The van der Waals surface area contributed by atoms with E-state index in [0.29, 0.717) is 17.9 Å². The molecule has 1 saturated carbocycles. The molecule has 0 amide bonds. The summed E-state index contributed by atoms with van der Waals surface area (Å²) in [7, 11) is 0. The van der Waals surface area contributed by atoms with Crippen molar-refractivity contribution in [2.24, 2.45) is 11.8 Å². The molecule has 1 fully saturated rings. The van der Waals surface area contributed by atoms with Crippen molar-refractivity contribution in [3.05, 3.63) is 29.8 Å². The fourth-order valence-corrected chi connectivity index (χ4v) is 3.02. The summed E-state index contributed by atoms with van der Waals surface area (Å²) in [5.41, 5.74) is -0.573. The predicted molar refractivity (Wildman–Crippen MR) is 69.2 cm³/mol. The van der Waals surface area contributed by atoms with E-state index in [4.69, 9.17) is 0 Å². The van der Waals surface area contributed by atoms with Gasteiger partial charge >= 0.3 is 6.36 Å². The number of hydrogen-bond acceptors (Lipinski definition) is 2. The molecule has 1 aromatic carbocycles. The van der Waals surface area contributed by atoms with Crippen LogP contribution in [-0.4, -0.2) is 11.5 Å². The Morgan fingerprint density at radius 2 is 2.00 bits per heavy atom. The average molecular weight is 288 g/mol. The van der Waals surface area contributed by atoms with Crippen LogP contribution < -0.4 is 4.74 Å². The maximum absolute atomic E-state index is 12.3. The maximum Gasteiger partial charge on any atom is 0.573 e. The van der Waals surface area contributed by atoms with Crippen LogP contribution in [0.1, 0.15) is 38.7 Å². The SMILES string of the molecule is CC1CCC(O)(c2cccc(OC(F)(F)F)c2)C(C)C1. The lowest BCUT2D eigenvalue weighted by Gasteiger charge is -2.41. The lowest BCUT2D eigenvalue weighted by molar-refractivity contribution is -0.274. The Hall–Kier alpha value is -1.23. The lowest BCUT2D eigenvalue weighted by atomic mass is 9.69. The number of ether oxygens (including phenoxy) is 1. The Balaban J connectivity index is 2.26. The molecule has 20 heavy (non-hydrogen) atoms. The zero-order valence-electron chi connectivity index (χ0n) is 11.6. The van der Waals surface area contributed by atoms with E-state index in [9.17, 15) is 18.3 Å². The van der Waals surface area contributed by atoms with Gasteiger partial charge in [0.15, 0.2) is 0 Å². The van der Waals surface area contributed by atoms with E-state index in [1.165, 1.54) is 18.2 Å². The molecule has 0 bridgehead atoms. The van der Waals surface area contributed by atoms with Gasteiger partial charge in [0.05, 0.1) is 5.60 Å². The molecule has 0 radical (unpaired) electrons. The first-order valence-electron chi connectivity index (χ1n) is 6.79. The lowest BCUT2D eigenvalue weighted by Crippen LogP contribution is -2.38. The van der Waals surface area contributed by atoms with E-state index in [0.717, 1.165) is 12.8 Å². The second-order valence-corrected chi connectivity index (χ2v) is 5.78. The summed E-state index contributed by atoms with van der Waals surface area (Å²) in [6.07, 6.45) is -2.43. The summed E-state index contributed by atoms with van der Waals surface area (Å²) >= 11 is 0. The molecule has 1 aliphatic carbocycles. The zero-order valence-corrected chi connectivity index (χ0v) is 11.6. The summed E-state index contributed by atoms with van der Waals surface area (Å²) < 4.78 is 40.7. The van der Waals surface area contributed by atoms with E-state index in [1.807, 2.05) is 6.92 Å². The van der Waals surface area contributed by atoms with Gasteiger partial charge in [-0.05, 0) is 48.8 Å². The first-order valence-corrected chi connectivity index (χ1v) is 6.79. The minimum Gasteiger partial charge on any atom is -0.406 e. The highest BCUT2D eigenvalue weighted by molar-refractivity contribution is 5.33. The number of rotatable bonds is 2. The van der Waals surface area contributed by atoms with Gasteiger partial charge in [-0.15, -0.1) is 13.2 Å². The van der Waals surface area contributed by atoms with Crippen molar-refractivity contribution in [1.82, 2.24) is 0 Å². The number of hydrogen-bond donors (Lipinski definition) is 1. The third-order valence-electron chi connectivity index (χ3n) is 4.16. The van der Waals surface area contributed by atoms with Crippen LogP contribution in [0.4, 0.5) is 13.2 Å². The molecule has 2 nitrogen and oxygen atoms in total. The molecule has 1 aliphatic rings. The molecule has 3 unspecified atom stereocenters. The highest BCUT2D eigenvalue weighted by Gasteiger charge is 2.40. The third kappa shape index (κ3) is 3.26. The number of benzene rings is 1.